The molecule has 0 spiro atoms. The lowest BCUT2D eigenvalue weighted by atomic mass is 10.1. The van der Waals surface area contributed by atoms with Crippen molar-refractivity contribution in [1.82, 2.24) is 4.98 Å². The van der Waals surface area contributed by atoms with Gasteiger partial charge in [0.25, 0.3) is 0 Å². The first-order valence-corrected chi connectivity index (χ1v) is 9.41. The summed E-state index contributed by atoms with van der Waals surface area (Å²) < 4.78 is 5.82. The normalized spacial score (nSPS) is 12.1. The summed E-state index contributed by atoms with van der Waals surface area (Å²) in [6.45, 7) is 7.52. The molecule has 0 aliphatic heterocycles. The summed E-state index contributed by atoms with van der Waals surface area (Å²) >= 11 is 0. The monoisotopic (exact) mass is 325 g/mol. The molecule has 0 amide bonds. The smallest absolute Gasteiger partial charge is 0.119 e. The zero-order valence-corrected chi connectivity index (χ0v) is 15.4. The zero-order chi connectivity index (χ0) is 17.2. The second-order valence-electron chi connectivity index (χ2n) is 6.68. The van der Waals surface area contributed by atoms with Crippen LogP contribution in [0.5, 0.6) is 5.75 Å². The Hall–Kier alpha value is -1.83. The van der Waals surface area contributed by atoms with Gasteiger partial charge in [-0.1, -0.05) is 46.1 Å². The first-order chi connectivity index (χ1) is 11.7. The maximum Gasteiger partial charge on any atom is 0.119 e. The third-order valence-electron chi connectivity index (χ3n) is 4.62. The van der Waals surface area contributed by atoms with Gasteiger partial charge in [0.2, 0.25) is 0 Å². The van der Waals surface area contributed by atoms with Crippen LogP contribution < -0.4 is 4.74 Å². The Bertz CT molecular complexity index is 574. The van der Waals surface area contributed by atoms with Crippen molar-refractivity contribution in [3.8, 4) is 17.0 Å². The summed E-state index contributed by atoms with van der Waals surface area (Å²) in [5, 5.41) is 0. The van der Waals surface area contributed by atoms with Gasteiger partial charge in [0, 0.05) is 11.8 Å². The van der Waals surface area contributed by atoms with Gasteiger partial charge in [-0.3, -0.25) is 4.98 Å². The highest BCUT2D eigenvalue weighted by atomic mass is 16.5. The highest BCUT2D eigenvalue weighted by Gasteiger charge is 2.03. The van der Waals surface area contributed by atoms with E-state index in [1.165, 1.54) is 31.2 Å². The van der Waals surface area contributed by atoms with Crippen LogP contribution in [0.3, 0.4) is 0 Å². The van der Waals surface area contributed by atoms with Crippen LogP contribution in [0.4, 0.5) is 0 Å². The van der Waals surface area contributed by atoms with Crippen molar-refractivity contribution in [3.05, 3.63) is 48.2 Å². The number of ether oxygens (including phenoxy) is 1. The van der Waals surface area contributed by atoms with Gasteiger partial charge in [-0.25, -0.2) is 0 Å². The first kappa shape index (κ1) is 18.5. The Morgan fingerprint density at radius 3 is 2.42 bits per heavy atom. The Morgan fingerprint density at radius 2 is 1.79 bits per heavy atom. The lowest BCUT2D eigenvalue weighted by Gasteiger charge is -2.10. The van der Waals surface area contributed by atoms with Crippen LogP contribution in [0.15, 0.2) is 42.6 Å². The molecule has 130 valence electrons. The number of benzene rings is 1. The molecule has 0 N–H and O–H groups in total. The average Bonchev–Trinajstić information content (AvgIpc) is 2.63. The molecule has 1 aromatic heterocycles. The summed E-state index contributed by atoms with van der Waals surface area (Å²) in [6, 6.07) is 12.6. The molecule has 0 aliphatic carbocycles. The third kappa shape index (κ3) is 5.99. The predicted octanol–water partition coefficient (Wildman–Crippen LogP) is 6.30. The standard InChI is InChI=1S/C22H31NO/c1-4-6-7-8-19-9-14-22(23-17-19)20-10-12-21(13-11-20)24-16-15-18(3)5-2/h9-14,17-18H,4-8,15-16H2,1-3H3. The quantitative estimate of drug-likeness (QED) is 0.478. The van der Waals surface area contributed by atoms with E-state index in [2.05, 4.69) is 50.0 Å². The highest BCUT2D eigenvalue weighted by Crippen LogP contribution is 2.21. The summed E-state index contributed by atoms with van der Waals surface area (Å²) in [6.07, 6.45) is 9.27. The van der Waals surface area contributed by atoms with E-state index in [9.17, 15) is 0 Å². The van der Waals surface area contributed by atoms with Gasteiger partial charge in [0.1, 0.15) is 5.75 Å². The van der Waals surface area contributed by atoms with Crippen molar-refractivity contribution in [2.45, 2.75) is 59.3 Å². The van der Waals surface area contributed by atoms with Crippen LogP contribution in [0, 0.1) is 5.92 Å². The van der Waals surface area contributed by atoms with Gasteiger partial charge in [-0.15, -0.1) is 0 Å². The van der Waals surface area contributed by atoms with Crippen molar-refractivity contribution in [2.75, 3.05) is 6.61 Å². The van der Waals surface area contributed by atoms with Crippen LogP contribution >= 0.6 is 0 Å². The molecule has 2 rings (SSSR count). The van der Waals surface area contributed by atoms with Crippen molar-refractivity contribution < 1.29 is 4.74 Å². The Morgan fingerprint density at radius 1 is 1.00 bits per heavy atom. The van der Waals surface area contributed by atoms with E-state index in [1.54, 1.807) is 0 Å². The van der Waals surface area contributed by atoms with Crippen LogP contribution in [0.25, 0.3) is 11.3 Å². The van der Waals surface area contributed by atoms with Gasteiger partial charge in [0.05, 0.1) is 12.3 Å². The molecule has 1 atom stereocenters. The first-order valence-electron chi connectivity index (χ1n) is 9.41. The molecule has 1 unspecified atom stereocenters. The minimum Gasteiger partial charge on any atom is -0.494 e. The molecular weight excluding hydrogens is 294 g/mol. The SMILES string of the molecule is CCCCCc1ccc(-c2ccc(OCCC(C)CC)cc2)nc1. The number of nitrogens with zero attached hydrogens (tertiary/aromatic N) is 1. The number of unbranched alkanes of at least 4 members (excludes halogenated alkanes) is 2. The van der Waals surface area contributed by atoms with Crippen molar-refractivity contribution in [2.24, 2.45) is 5.92 Å². The van der Waals surface area contributed by atoms with Gasteiger partial charge >= 0.3 is 0 Å². The summed E-state index contributed by atoms with van der Waals surface area (Å²) in [5.41, 5.74) is 3.50. The third-order valence-corrected chi connectivity index (χ3v) is 4.62. The predicted molar refractivity (Wildman–Crippen MR) is 102 cm³/mol. The molecule has 0 aliphatic rings. The van der Waals surface area contributed by atoms with Gasteiger partial charge in [-0.05, 0) is 61.1 Å². The molecule has 1 aromatic carbocycles. The fourth-order valence-corrected chi connectivity index (χ4v) is 2.63. The van der Waals surface area contributed by atoms with Crippen LogP contribution in [-0.4, -0.2) is 11.6 Å². The van der Waals surface area contributed by atoms with Crippen molar-refractivity contribution in [3.63, 3.8) is 0 Å². The molecular formula is C22H31NO. The molecule has 2 heteroatoms. The Kier molecular flexibility index (Phi) is 7.81. The minimum atomic E-state index is 0.726. The fraction of sp³-hybridized carbons (Fsp3) is 0.500. The zero-order valence-electron chi connectivity index (χ0n) is 15.4. The summed E-state index contributed by atoms with van der Waals surface area (Å²) in [4.78, 5) is 4.61. The molecule has 0 bridgehead atoms. The molecule has 0 radical (unpaired) electrons. The summed E-state index contributed by atoms with van der Waals surface area (Å²) in [5.74, 6) is 1.67. The second kappa shape index (κ2) is 10.1. The van der Waals surface area contributed by atoms with Gasteiger partial charge < -0.3 is 4.74 Å². The van der Waals surface area contributed by atoms with E-state index in [-0.39, 0.29) is 0 Å². The lowest BCUT2D eigenvalue weighted by molar-refractivity contribution is 0.282. The van der Waals surface area contributed by atoms with E-state index >= 15 is 0 Å². The fourth-order valence-electron chi connectivity index (χ4n) is 2.63. The number of aromatic nitrogens is 1. The van der Waals surface area contributed by atoms with Crippen LogP contribution in [-0.2, 0) is 6.42 Å². The molecule has 2 nitrogen and oxygen atoms in total. The van der Waals surface area contributed by atoms with E-state index < -0.39 is 0 Å². The van der Waals surface area contributed by atoms with Crippen LogP contribution in [0.1, 0.15) is 58.4 Å². The largest absolute Gasteiger partial charge is 0.494 e. The average molecular weight is 325 g/mol. The number of aryl methyl sites for hydroxylation is 1. The Labute approximate surface area is 147 Å². The van der Waals surface area contributed by atoms with Crippen molar-refractivity contribution >= 4 is 0 Å². The topological polar surface area (TPSA) is 22.1 Å². The Balaban J connectivity index is 1.88. The lowest BCUT2D eigenvalue weighted by Crippen LogP contribution is -2.03. The van der Waals surface area contributed by atoms with E-state index in [4.69, 9.17) is 4.74 Å². The molecule has 2 aromatic rings. The highest BCUT2D eigenvalue weighted by molar-refractivity contribution is 5.60. The molecule has 0 saturated carbocycles. The van der Waals surface area contributed by atoms with Gasteiger partial charge in [0.15, 0.2) is 0 Å². The number of hydrogen-bond donors (Lipinski definition) is 0. The van der Waals surface area contributed by atoms with Gasteiger partial charge in [-0.2, -0.15) is 0 Å². The molecule has 24 heavy (non-hydrogen) atoms. The van der Waals surface area contributed by atoms with E-state index in [0.29, 0.717) is 0 Å². The molecule has 0 saturated heterocycles. The maximum atomic E-state index is 5.82. The number of pyridine rings is 1. The number of hydrogen-bond acceptors (Lipinski definition) is 2. The van der Waals surface area contributed by atoms with Crippen molar-refractivity contribution in [1.29, 1.82) is 0 Å². The minimum absolute atomic E-state index is 0.726. The van der Waals surface area contributed by atoms with E-state index in [0.717, 1.165) is 42.4 Å². The van der Waals surface area contributed by atoms with Crippen LogP contribution in [0.2, 0.25) is 0 Å². The number of rotatable bonds is 10. The molecule has 0 fully saturated rings. The second-order valence-corrected chi connectivity index (χ2v) is 6.68. The van der Waals surface area contributed by atoms with E-state index in [1.807, 2.05) is 18.3 Å². The summed E-state index contributed by atoms with van der Waals surface area (Å²) in [7, 11) is 0. The molecule has 1 heterocycles. The maximum absolute atomic E-state index is 5.82.